The Morgan fingerprint density at radius 1 is 1.09 bits per heavy atom. The monoisotopic (exact) mass is 305 g/mol. The molecule has 4 saturated carbocycles. The molecule has 4 aliphatic rings. The van der Waals surface area contributed by atoms with Gasteiger partial charge in [0.05, 0.1) is 11.8 Å². The number of rotatable bonds is 0. The van der Waals surface area contributed by atoms with E-state index in [1.54, 1.807) is 0 Å². The summed E-state index contributed by atoms with van der Waals surface area (Å²) >= 11 is 0. The molecule has 3 nitrogen and oxygen atoms in total. The molecule has 124 valence electrons. The molecule has 2 N–H and O–H groups in total. The second-order valence-corrected chi connectivity index (χ2v) is 9.10. The van der Waals surface area contributed by atoms with Gasteiger partial charge < -0.3 is 10.3 Å². The standard InChI is InChI=1S/C19H31NO2/c1-18-10-4-3-5-12(18)6-7-13-14-8-9-16(20-22)19(14,2)11-15(21)17(13)18/h12-15,17,21-22H,3-11H2,1-2H3/t12?,13-,14-,15?,17+,18-,19-/m0/s1. The molecule has 7 atom stereocenters. The smallest absolute Gasteiger partial charge is 0.0633 e. The fourth-order valence-corrected chi connectivity index (χ4v) is 7.37. The first kappa shape index (κ1) is 15.0. The molecule has 0 amide bonds. The third-order valence-electron chi connectivity index (χ3n) is 8.38. The fraction of sp³-hybridized carbons (Fsp3) is 0.947. The third kappa shape index (κ3) is 1.81. The van der Waals surface area contributed by atoms with Crippen molar-refractivity contribution in [1.29, 1.82) is 0 Å². The molecule has 0 aromatic rings. The van der Waals surface area contributed by atoms with Gasteiger partial charge in [0.2, 0.25) is 0 Å². The van der Waals surface area contributed by atoms with E-state index >= 15 is 0 Å². The SMILES string of the molecule is C[C@]12CCCCC1CC[C@@H]1[C@@H]2C(O)C[C@]2(C)C(=NO)CC[C@@H]12. The van der Waals surface area contributed by atoms with E-state index < -0.39 is 0 Å². The van der Waals surface area contributed by atoms with Gasteiger partial charge in [0.1, 0.15) is 0 Å². The third-order valence-corrected chi connectivity index (χ3v) is 8.38. The largest absolute Gasteiger partial charge is 0.411 e. The highest BCUT2D eigenvalue weighted by Gasteiger charge is 2.62. The van der Waals surface area contributed by atoms with Crippen LogP contribution in [0.2, 0.25) is 0 Å². The quantitative estimate of drug-likeness (QED) is 0.520. The number of nitrogens with zero attached hydrogens (tertiary/aromatic N) is 1. The van der Waals surface area contributed by atoms with Gasteiger partial charge in [-0.25, -0.2) is 0 Å². The Kier molecular flexibility index (Phi) is 3.38. The molecular formula is C19H31NO2. The summed E-state index contributed by atoms with van der Waals surface area (Å²) in [7, 11) is 0. The maximum Gasteiger partial charge on any atom is 0.0633 e. The molecule has 0 aliphatic heterocycles. The second kappa shape index (κ2) is 4.96. The average molecular weight is 305 g/mol. The summed E-state index contributed by atoms with van der Waals surface area (Å²) in [5, 5.41) is 24.1. The Labute approximate surface area is 134 Å². The highest BCUT2D eigenvalue weighted by atomic mass is 16.4. The van der Waals surface area contributed by atoms with E-state index in [1.807, 2.05) is 0 Å². The van der Waals surface area contributed by atoms with Crippen LogP contribution in [0.15, 0.2) is 5.16 Å². The van der Waals surface area contributed by atoms with E-state index in [0.717, 1.165) is 30.9 Å². The molecule has 0 spiro atoms. The average Bonchev–Trinajstić information content (AvgIpc) is 2.82. The predicted molar refractivity (Wildman–Crippen MR) is 87.0 cm³/mol. The zero-order valence-electron chi connectivity index (χ0n) is 14.1. The van der Waals surface area contributed by atoms with Crippen molar-refractivity contribution in [3.8, 4) is 0 Å². The van der Waals surface area contributed by atoms with Crippen LogP contribution >= 0.6 is 0 Å². The lowest BCUT2D eigenvalue weighted by Crippen LogP contribution is -2.58. The summed E-state index contributed by atoms with van der Waals surface area (Å²) in [5.41, 5.74) is 1.24. The maximum atomic E-state index is 11.1. The van der Waals surface area contributed by atoms with Crippen LogP contribution in [-0.4, -0.2) is 22.1 Å². The van der Waals surface area contributed by atoms with Gasteiger partial charge in [-0.2, -0.15) is 0 Å². The van der Waals surface area contributed by atoms with Crippen molar-refractivity contribution < 1.29 is 10.3 Å². The van der Waals surface area contributed by atoms with Crippen molar-refractivity contribution in [2.45, 2.75) is 77.7 Å². The summed E-state index contributed by atoms with van der Waals surface area (Å²) in [5.74, 6) is 2.55. The molecule has 2 unspecified atom stereocenters. The molecule has 0 bridgehead atoms. The molecule has 3 heteroatoms. The Hall–Kier alpha value is -0.570. The van der Waals surface area contributed by atoms with Crippen LogP contribution in [0, 0.1) is 34.5 Å². The molecule has 0 aromatic heterocycles. The van der Waals surface area contributed by atoms with Gasteiger partial charge in [0.15, 0.2) is 0 Å². The molecule has 0 saturated heterocycles. The van der Waals surface area contributed by atoms with E-state index in [2.05, 4.69) is 19.0 Å². The normalized spacial score (nSPS) is 56.3. The van der Waals surface area contributed by atoms with Gasteiger partial charge in [0, 0.05) is 5.41 Å². The molecule has 0 aromatic carbocycles. The highest BCUT2D eigenvalue weighted by Crippen LogP contribution is 2.65. The van der Waals surface area contributed by atoms with Gasteiger partial charge in [0.25, 0.3) is 0 Å². The first-order valence-corrected chi connectivity index (χ1v) is 9.40. The fourth-order valence-electron chi connectivity index (χ4n) is 7.37. The Balaban J connectivity index is 1.71. The van der Waals surface area contributed by atoms with Gasteiger partial charge in [-0.05, 0) is 74.0 Å². The Morgan fingerprint density at radius 3 is 2.68 bits per heavy atom. The van der Waals surface area contributed by atoms with Crippen LogP contribution in [-0.2, 0) is 0 Å². The van der Waals surface area contributed by atoms with Crippen LogP contribution in [0.4, 0.5) is 0 Å². The molecule has 4 rings (SSSR count). The summed E-state index contributed by atoms with van der Waals surface area (Å²) in [4.78, 5) is 0. The van der Waals surface area contributed by atoms with Crippen LogP contribution in [0.1, 0.15) is 71.6 Å². The van der Waals surface area contributed by atoms with E-state index in [1.165, 1.54) is 38.5 Å². The topological polar surface area (TPSA) is 52.8 Å². The lowest BCUT2D eigenvalue weighted by atomic mass is 9.44. The van der Waals surface area contributed by atoms with E-state index in [-0.39, 0.29) is 11.5 Å². The Bertz CT molecular complexity index is 490. The minimum atomic E-state index is -0.216. The molecule has 4 aliphatic carbocycles. The van der Waals surface area contributed by atoms with Crippen molar-refractivity contribution >= 4 is 5.71 Å². The van der Waals surface area contributed by atoms with E-state index in [9.17, 15) is 10.3 Å². The van der Waals surface area contributed by atoms with Crippen LogP contribution in [0.3, 0.4) is 0 Å². The molecule has 0 heterocycles. The van der Waals surface area contributed by atoms with Gasteiger partial charge in [-0.1, -0.05) is 31.8 Å². The number of aliphatic hydroxyl groups is 1. The van der Waals surface area contributed by atoms with Crippen molar-refractivity contribution in [3.63, 3.8) is 0 Å². The van der Waals surface area contributed by atoms with E-state index in [4.69, 9.17) is 0 Å². The lowest BCUT2D eigenvalue weighted by molar-refractivity contribution is -0.153. The van der Waals surface area contributed by atoms with Crippen LogP contribution in [0.25, 0.3) is 0 Å². The molecular weight excluding hydrogens is 274 g/mol. The molecule has 0 radical (unpaired) electrons. The van der Waals surface area contributed by atoms with Gasteiger partial charge in [-0.15, -0.1) is 0 Å². The number of hydrogen-bond acceptors (Lipinski definition) is 3. The number of aliphatic hydroxyl groups excluding tert-OH is 1. The van der Waals surface area contributed by atoms with Gasteiger partial charge in [-0.3, -0.25) is 0 Å². The minimum Gasteiger partial charge on any atom is -0.411 e. The zero-order valence-corrected chi connectivity index (χ0v) is 14.1. The molecule has 4 fully saturated rings. The maximum absolute atomic E-state index is 11.1. The summed E-state index contributed by atoms with van der Waals surface area (Å²) in [6.45, 7) is 4.73. The summed E-state index contributed by atoms with van der Waals surface area (Å²) in [6.07, 6.45) is 10.7. The van der Waals surface area contributed by atoms with Crippen LogP contribution in [0.5, 0.6) is 0 Å². The van der Waals surface area contributed by atoms with Crippen molar-refractivity contribution in [2.24, 2.45) is 39.7 Å². The first-order valence-electron chi connectivity index (χ1n) is 9.40. The summed E-state index contributed by atoms with van der Waals surface area (Å²) in [6, 6.07) is 0. The number of hydrogen-bond donors (Lipinski definition) is 2. The summed E-state index contributed by atoms with van der Waals surface area (Å²) < 4.78 is 0. The zero-order chi connectivity index (χ0) is 15.5. The first-order chi connectivity index (χ1) is 10.5. The molecule has 22 heavy (non-hydrogen) atoms. The lowest BCUT2D eigenvalue weighted by Gasteiger charge is -2.61. The minimum absolute atomic E-state index is 0.0623. The van der Waals surface area contributed by atoms with Gasteiger partial charge >= 0.3 is 0 Å². The highest BCUT2D eigenvalue weighted by molar-refractivity contribution is 5.92. The van der Waals surface area contributed by atoms with Crippen LogP contribution < -0.4 is 0 Å². The Morgan fingerprint density at radius 2 is 1.91 bits per heavy atom. The van der Waals surface area contributed by atoms with Crippen molar-refractivity contribution in [1.82, 2.24) is 0 Å². The van der Waals surface area contributed by atoms with Crippen molar-refractivity contribution in [2.75, 3.05) is 0 Å². The number of fused-ring (bicyclic) bond motifs is 5. The second-order valence-electron chi connectivity index (χ2n) is 9.10. The van der Waals surface area contributed by atoms with Crippen molar-refractivity contribution in [3.05, 3.63) is 0 Å². The number of oxime groups is 1. The van der Waals surface area contributed by atoms with E-state index in [0.29, 0.717) is 23.2 Å². The predicted octanol–water partition coefficient (Wildman–Crippen LogP) is 4.22.